The molecule has 32 heavy (non-hydrogen) atoms. The van der Waals surface area contributed by atoms with Crippen molar-refractivity contribution in [2.75, 3.05) is 13.1 Å². The summed E-state index contributed by atoms with van der Waals surface area (Å²) in [6.07, 6.45) is 10.5. The molecule has 7 heteroatoms. The molecule has 7 rings (SSSR count). The van der Waals surface area contributed by atoms with E-state index >= 15 is 0 Å². The van der Waals surface area contributed by atoms with Gasteiger partial charge in [-0.3, -0.25) is 9.69 Å². The van der Waals surface area contributed by atoms with Crippen LogP contribution in [0.1, 0.15) is 60.9 Å². The summed E-state index contributed by atoms with van der Waals surface area (Å²) in [6.45, 7) is 2.32. The minimum atomic E-state index is -1.31. The summed E-state index contributed by atoms with van der Waals surface area (Å²) in [6, 6.07) is 4.90. The van der Waals surface area contributed by atoms with Gasteiger partial charge in [-0.15, -0.1) is 0 Å². The van der Waals surface area contributed by atoms with Crippen LogP contribution in [0.15, 0.2) is 23.1 Å². The van der Waals surface area contributed by atoms with Crippen molar-refractivity contribution in [2.45, 2.75) is 69.5 Å². The Morgan fingerprint density at radius 2 is 2.09 bits per heavy atom. The minimum Gasteiger partial charge on any atom is -0.477 e. The fourth-order valence-corrected chi connectivity index (χ4v) is 7.04. The molecule has 1 aromatic carbocycles. The standard InChI is InChI=1S/C25H30FN3O3/c26-20-7-18-21(28-12-19(23(18)30)24(31)32)5-15(20)3-1-2-4-22(25-8-14(9-25)10-25)29-13-16-6-17(29)11-27-16/h5,7,12,14,16-17,22,27H,1-4,6,8-11,13H2,(H,28,30)(H,31,32)/t14?,16-,17-,22?,25?/m0/s1. The Kier molecular flexibility index (Phi) is 4.70. The summed E-state index contributed by atoms with van der Waals surface area (Å²) in [4.78, 5) is 29.1. The SMILES string of the molecule is O=C(O)c1c[nH]c2cc(CCCCC(N3C[C@@H]4C[C@H]3CN4)C34CC(C3)C4)c(F)cc2c1=O. The maximum atomic E-state index is 14.7. The molecule has 0 radical (unpaired) electrons. The Morgan fingerprint density at radius 1 is 1.28 bits per heavy atom. The topological polar surface area (TPSA) is 85.4 Å². The van der Waals surface area contributed by atoms with E-state index in [1.54, 1.807) is 6.07 Å². The predicted octanol–water partition coefficient (Wildman–Crippen LogP) is 3.29. The maximum absolute atomic E-state index is 14.7. The first-order chi connectivity index (χ1) is 15.4. The van der Waals surface area contributed by atoms with Crippen LogP contribution in [0.5, 0.6) is 0 Å². The highest BCUT2D eigenvalue weighted by Crippen LogP contribution is 2.68. The van der Waals surface area contributed by atoms with Crippen LogP contribution in [-0.2, 0) is 6.42 Å². The third kappa shape index (κ3) is 3.12. The molecule has 1 aromatic heterocycles. The highest BCUT2D eigenvalue weighted by molar-refractivity contribution is 5.92. The Bertz CT molecular complexity index is 1130. The zero-order chi connectivity index (χ0) is 22.0. The molecule has 3 heterocycles. The summed E-state index contributed by atoms with van der Waals surface area (Å²) in [5.41, 5.74) is 0.624. The molecule has 2 aromatic rings. The van der Waals surface area contributed by atoms with Gasteiger partial charge in [0.15, 0.2) is 0 Å². The number of aromatic carboxylic acids is 1. The summed E-state index contributed by atoms with van der Waals surface area (Å²) < 4.78 is 14.7. The number of rotatable bonds is 8. The van der Waals surface area contributed by atoms with E-state index < -0.39 is 17.2 Å². The van der Waals surface area contributed by atoms with E-state index in [2.05, 4.69) is 15.2 Å². The van der Waals surface area contributed by atoms with E-state index in [-0.39, 0.29) is 10.9 Å². The number of hydrogen-bond donors (Lipinski definition) is 3. The molecular weight excluding hydrogens is 409 g/mol. The van der Waals surface area contributed by atoms with Gasteiger partial charge in [0.05, 0.1) is 0 Å². The van der Waals surface area contributed by atoms with Crippen molar-refractivity contribution in [3.63, 3.8) is 0 Å². The second kappa shape index (κ2) is 7.39. The average molecular weight is 440 g/mol. The molecule has 1 unspecified atom stereocenters. The van der Waals surface area contributed by atoms with Crippen LogP contribution in [0.2, 0.25) is 0 Å². The molecule has 2 aliphatic heterocycles. The van der Waals surface area contributed by atoms with Crippen molar-refractivity contribution in [1.29, 1.82) is 0 Å². The van der Waals surface area contributed by atoms with Crippen molar-refractivity contribution >= 4 is 16.9 Å². The number of fused-ring (bicyclic) bond motifs is 3. The number of H-pyrrole nitrogens is 1. The lowest BCUT2D eigenvalue weighted by Crippen LogP contribution is -2.65. The van der Waals surface area contributed by atoms with E-state index in [0.29, 0.717) is 41.0 Å². The van der Waals surface area contributed by atoms with E-state index in [1.165, 1.54) is 50.9 Å². The molecule has 0 amide bonds. The van der Waals surface area contributed by atoms with Gasteiger partial charge in [0.1, 0.15) is 11.4 Å². The molecule has 5 fully saturated rings. The van der Waals surface area contributed by atoms with E-state index in [4.69, 9.17) is 5.11 Å². The Labute approximate surface area is 186 Å². The second-order valence-electron chi connectivity index (χ2n) is 10.6. The average Bonchev–Trinajstić information content (AvgIpc) is 3.32. The number of hydrogen-bond acceptors (Lipinski definition) is 4. The second-order valence-corrected chi connectivity index (χ2v) is 10.6. The quantitative estimate of drug-likeness (QED) is 0.550. The van der Waals surface area contributed by atoms with Gasteiger partial charge in [-0.25, -0.2) is 9.18 Å². The van der Waals surface area contributed by atoms with Crippen LogP contribution in [0.4, 0.5) is 4.39 Å². The van der Waals surface area contributed by atoms with E-state index in [0.717, 1.165) is 25.3 Å². The third-order valence-corrected chi connectivity index (χ3v) is 8.74. The van der Waals surface area contributed by atoms with Crippen LogP contribution < -0.4 is 10.7 Å². The molecule has 5 aliphatic rings. The van der Waals surface area contributed by atoms with Crippen LogP contribution in [0, 0.1) is 17.2 Å². The first kappa shape index (κ1) is 20.4. The molecule has 3 aliphatic carbocycles. The molecule has 3 N–H and O–H groups in total. The smallest absolute Gasteiger partial charge is 0.341 e. The van der Waals surface area contributed by atoms with E-state index in [1.807, 2.05) is 0 Å². The number of nitrogens with one attached hydrogen (secondary N) is 2. The van der Waals surface area contributed by atoms with Crippen LogP contribution in [0.3, 0.4) is 0 Å². The van der Waals surface area contributed by atoms with Gasteiger partial charge in [0.25, 0.3) is 0 Å². The van der Waals surface area contributed by atoms with Gasteiger partial charge in [0.2, 0.25) is 5.43 Å². The number of carboxylic acids is 1. The zero-order valence-corrected chi connectivity index (χ0v) is 18.2. The monoisotopic (exact) mass is 439 g/mol. The predicted molar refractivity (Wildman–Crippen MR) is 120 cm³/mol. The first-order valence-electron chi connectivity index (χ1n) is 12.0. The lowest BCUT2D eigenvalue weighted by Gasteiger charge is -2.67. The number of halogens is 1. The number of aryl methyl sites for hydroxylation is 1. The molecule has 6 nitrogen and oxygen atoms in total. The largest absolute Gasteiger partial charge is 0.477 e. The number of aromatic nitrogens is 1. The lowest BCUT2D eigenvalue weighted by atomic mass is 9.41. The van der Waals surface area contributed by atoms with Gasteiger partial charge in [-0.1, -0.05) is 6.42 Å². The summed E-state index contributed by atoms with van der Waals surface area (Å²) >= 11 is 0. The number of nitrogens with zero attached hydrogens (tertiary/aromatic N) is 1. The Hall–Kier alpha value is -2.25. The molecule has 0 spiro atoms. The number of likely N-dealkylation sites (tertiary alicyclic amines) is 1. The number of unbranched alkanes of at least 4 members (excludes halogenated alkanes) is 1. The molecule has 4 bridgehead atoms. The van der Waals surface area contributed by atoms with Crippen molar-refractivity contribution in [2.24, 2.45) is 11.3 Å². The van der Waals surface area contributed by atoms with Crippen molar-refractivity contribution in [3.8, 4) is 0 Å². The number of benzene rings is 1. The highest BCUT2D eigenvalue weighted by atomic mass is 19.1. The number of carboxylic acid groups (broad SMARTS) is 1. The fourth-order valence-electron chi connectivity index (χ4n) is 7.04. The minimum absolute atomic E-state index is 0.0903. The van der Waals surface area contributed by atoms with Crippen LogP contribution in [0.25, 0.3) is 10.9 Å². The highest BCUT2D eigenvalue weighted by Gasteiger charge is 2.62. The van der Waals surface area contributed by atoms with Gasteiger partial charge in [-0.2, -0.15) is 0 Å². The molecule has 170 valence electrons. The summed E-state index contributed by atoms with van der Waals surface area (Å²) in [5.74, 6) is -0.756. The normalized spacial score (nSPS) is 31.5. The van der Waals surface area contributed by atoms with Gasteiger partial charge < -0.3 is 15.4 Å². The number of piperazine rings is 1. The van der Waals surface area contributed by atoms with Gasteiger partial charge in [0, 0.05) is 48.3 Å². The molecular formula is C25H30FN3O3. The lowest BCUT2D eigenvalue weighted by molar-refractivity contribution is -0.168. The Morgan fingerprint density at radius 3 is 2.72 bits per heavy atom. The van der Waals surface area contributed by atoms with Gasteiger partial charge >= 0.3 is 5.97 Å². The maximum Gasteiger partial charge on any atom is 0.341 e. The zero-order valence-electron chi connectivity index (χ0n) is 18.2. The Balaban J connectivity index is 1.13. The molecule has 3 saturated carbocycles. The summed E-state index contributed by atoms with van der Waals surface area (Å²) in [5, 5.41) is 12.8. The molecule has 3 atom stereocenters. The van der Waals surface area contributed by atoms with Crippen molar-refractivity contribution in [3.05, 3.63) is 45.5 Å². The van der Waals surface area contributed by atoms with Crippen molar-refractivity contribution in [1.82, 2.24) is 15.2 Å². The number of aromatic amines is 1. The van der Waals surface area contributed by atoms with Crippen LogP contribution in [-0.4, -0.2) is 52.2 Å². The third-order valence-electron chi connectivity index (χ3n) is 8.74. The summed E-state index contributed by atoms with van der Waals surface area (Å²) in [7, 11) is 0. The molecule has 2 saturated heterocycles. The first-order valence-corrected chi connectivity index (χ1v) is 12.0. The number of carbonyl (C=O) groups is 1. The number of pyridine rings is 1. The van der Waals surface area contributed by atoms with Crippen LogP contribution >= 0.6 is 0 Å². The van der Waals surface area contributed by atoms with Gasteiger partial charge in [-0.05, 0) is 74.0 Å². The fraction of sp³-hybridized carbons (Fsp3) is 0.600. The van der Waals surface area contributed by atoms with E-state index in [9.17, 15) is 14.0 Å². The van der Waals surface area contributed by atoms with Crippen molar-refractivity contribution < 1.29 is 14.3 Å².